The van der Waals surface area contributed by atoms with Gasteiger partial charge in [0, 0.05) is 4.38 Å². The second kappa shape index (κ2) is 13.6. The Bertz CT molecular complexity index is 214. The van der Waals surface area contributed by atoms with Crippen LogP contribution in [-0.2, 0) is 17.4 Å². The van der Waals surface area contributed by atoms with Gasteiger partial charge in [0.25, 0.3) is 0 Å². The molecular formula is C7H13KO7S2. The van der Waals surface area contributed by atoms with E-state index in [0.717, 1.165) is 0 Å². The van der Waals surface area contributed by atoms with E-state index in [1.165, 1.54) is 0 Å². The van der Waals surface area contributed by atoms with Crippen LogP contribution in [0.4, 0.5) is 0 Å². The molecule has 96 valence electrons. The summed E-state index contributed by atoms with van der Waals surface area (Å²) < 4.78 is -0.417. The monoisotopic (exact) mass is 312 g/mol. The number of aliphatic hydroxyl groups excluding tert-OH is 6. The molecule has 6 N–H and O–H groups in total. The molecule has 0 aromatic heterocycles. The number of hydrogen-bond donors (Lipinski definition) is 6. The summed E-state index contributed by atoms with van der Waals surface area (Å²) in [5, 5.41) is 51.1. The van der Waals surface area contributed by atoms with E-state index in [4.69, 9.17) is 30.6 Å². The Labute approximate surface area is 151 Å². The van der Waals surface area contributed by atoms with E-state index in [2.05, 4.69) is 24.8 Å². The average molecular weight is 312 g/mol. The van der Waals surface area contributed by atoms with E-state index in [9.17, 15) is 4.79 Å². The second-order valence-electron chi connectivity index (χ2n) is 2.62. The van der Waals surface area contributed by atoms with E-state index in [1.807, 2.05) is 0 Å². The SMILES string of the molecule is O=C[C@H](O)[C@@H](O)[C@H](O)[C@H](O)CO.OC(=S)[S-].[K+]. The van der Waals surface area contributed by atoms with Gasteiger partial charge in [-0.2, -0.15) is 0 Å². The molecule has 0 aromatic carbocycles. The number of carbonyl (C=O) groups is 1. The van der Waals surface area contributed by atoms with Crippen molar-refractivity contribution in [3.8, 4) is 0 Å². The Morgan fingerprint density at radius 1 is 1.24 bits per heavy atom. The first kappa shape index (κ1) is 23.3. The van der Waals surface area contributed by atoms with Crippen LogP contribution in [0, 0.1) is 0 Å². The Morgan fingerprint density at radius 3 is 1.82 bits per heavy atom. The van der Waals surface area contributed by atoms with E-state index in [-0.39, 0.29) is 57.7 Å². The van der Waals surface area contributed by atoms with Crippen molar-refractivity contribution in [3.63, 3.8) is 0 Å². The van der Waals surface area contributed by atoms with Gasteiger partial charge in [-0.3, -0.25) is 0 Å². The molecule has 7 nitrogen and oxygen atoms in total. The smallest absolute Gasteiger partial charge is 0.528 e. The van der Waals surface area contributed by atoms with Crippen LogP contribution in [0.1, 0.15) is 0 Å². The molecule has 4 atom stereocenters. The third-order valence-electron chi connectivity index (χ3n) is 1.42. The minimum absolute atomic E-state index is 0. The van der Waals surface area contributed by atoms with Gasteiger partial charge in [0.15, 0.2) is 6.29 Å². The standard InChI is InChI=1S/C6H12O6.CH2OS2.K/c7-1-3(9)5(11)6(12)4(10)2-8;2-1(3)4;/h1,3-6,8-12H,2H2;(H2,2,3,4);/q;;+1/p-1/t3-,4+,5+,6+;;/m0../s1. The van der Waals surface area contributed by atoms with Gasteiger partial charge in [0.1, 0.15) is 24.4 Å². The molecule has 0 fully saturated rings. The summed E-state index contributed by atoms with van der Waals surface area (Å²) in [5.41, 5.74) is 0. The van der Waals surface area contributed by atoms with E-state index >= 15 is 0 Å². The van der Waals surface area contributed by atoms with Crippen LogP contribution in [0.3, 0.4) is 0 Å². The van der Waals surface area contributed by atoms with Crippen molar-refractivity contribution in [1.29, 1.82) is 0 Å². The number of carbonyl (C=O) groups excluding carboxylic acids is 1. The maximum absolute atomic E-state index is 9.90. The molecule has 0 aliphatic rings. The normalized spacial score (nSPS) is 16.3. The largest absolute Gasteiger partial charge is 1.00 e. The molecule has 0 spiro atoms. The first-order valence-corrected chi connectivity index (χ1v) is 4.77. The van der Waals surface area contributed by atoms with Crippen molar-refractivity contribution in [2.75, 3.05) is 6.61 Å². The van der Waals surface area contributed by atoms with Crippen molar-refractivity contribution < 1.29 is 86.8 Å². The molecule has 0 saturated heterocycles. The van der Waals surface area contributed by atoms with Gasteiger partial charge in [-0.1, -0.05) is 0 Å². The van der Waals surface area contributed by atoms with Gasteiger partial charge in [0.2, 0.25) is 0 Å². The molecule has 17 heavy (non-hydrogen) atoms. The van der Waals surface area contributed by atoms with E-state index in [0.29, 0.717) is 0 Å². The maximum atomic E-state index is 9.90. The summed E-state index contributed by atoms with van der Waals surface area (Å²) in [7, 11) is 0. The summed E-state index contributed by atoms with van der Waals surface area (Å²) >= 11 is 7.81. The first-order chi connectivity index (χ1) is 7.27. The van der Waals surface area contributed by atoms with Gasteiger partial charge in [0.05, 0.1) is 6.61 Å². The van der Waals surface area contributed by atoms with Crippen molar-refractivity contribution in [1.82, 2.24) is 0 Å². The Kier molecular flexibility index (Phi) is 18.7. The number of rotatable bonds is 5. The molecule has 0 aromatic rings. The Morgan fingerprint density at radius 2 is 1.59 bits per heavy atom. The topological polar surface area (TPSA) is 138 Å². The van der Waals surface area contributed by atoms with Gasteiger partial charge in [-0.25, -0.2) is 0 Å². The van der Waals surface area contributed by atoms with Crippen molar-refractivity contribution in [2.24, 2.45) is 0 Å². The van der Waals surface area contributed by atoms with Gasteiger partial charge in [-0.05, 0) is 0 Å². The fourth-order valence-corrected chi connectivity index (χ4v) is 0.618. The molecule has 0 heterocycles. The predicted molar refractivity (Wildman–Crippen MR) is 59.8 cm³/mol. The Hall–Kier alpha value is 1.22. The zero-order chi connectivity index (χ0) is 13.3. The van der Waals surface area contributed by atoms with Crippen LogP contribution < -0.4 is 51.4 Å². The quantitative estimate of drug-likeness (QED) is 0.127. The van der Waals surface area contributed by atoms with Crippen molar-refractivity contribution in [3.05, 3.63) is 0 Å². The number of aliphatic hydroxyl groups is 6. The first-order valence-electron chi connectivity index (χ1n) is 3.96. The van der Waals surface area contributed by atoms with Gasteiger partial charge >= 0.3 is 51.4 Å². The van der Waals surface area contributed by atoms with Crippen LogP contribution in [0.15, 0.2) is 0 Å². The Balaban J connectivity index is -0.000000340. The second-order valence-corrected chi connectivity index (χ2v) is 3.66. The summed E-state index contributed by atoms with van der Waals surface area (Å²) in [6.45, 7) is -0.760. The summed E-state index contributed by atoms with van der Waals surface area (Å²) in [4.78, 5) is 9.90. The van der Waals surface area contributed by atoms with Crippen molar-refractivity contribution in [2.45, 2.75) is 24.4 Å². The summed E-state index contributed by atoms with van der Waals surface area (Å²) in [6, 6.07) is 0. The minimum Gasteiger partial charge on any atom is -0.528 e. The van der Waals surface area contributed by atoms with Crippen LogP contribution in [0.25, 0.3) is 0 Å². The van der Waals surface area contributed by atoms with Crippen molar-refractivity contribution >= 4 is 35.5 Å². The molecule has 10 heteroatoms. The molecule has 0 aliphatic heterocycles. The molecule has 0 radical (unpaired) electrons. The fraction of sp³-hybridized carbons (Fsp3) is 0.714. The zero-order valence-corrected chi connectivity index (χ0v) is 13.8. The molecule has 0 unspecified atom stereocenters. The molecule has 0 bridgehead atoms. The molecule has 0 amide bonds. The number of thiocarbonyl (C=S) groups is 1. The van der Waals surface area contributed by atoms with Crippen LogP contribution in [0.5, 0.6) is 0 Å². The fourth-order valence-electron chi connectivity index (χ4n) is 0.618. The molecule has 0 rings (SSSR count). The summed E-state index contributed by atoms with van der Waals surface area (Å²) in [5.74, 6) is 0. The van der Waals surface area contributed by atoms with Crippen LogP contribution in [0.2, 0.25) is 0 Å². The van der Waals surface area contributed by atoms with E-state index in [1.54, 1.807) is 0 Å². The average Bonchev–Trinajstić information content (AvgIpc) is 2.24. The molecule has 0 saturated carbocycles. The maximum Gasteiger partial charge on any atom is 1.00 e. The molecule has 0 aliphatic carbocycles. The third-order valence-corrected chi connectivity index (χ3v) is 1.42. The number of aldehydes is 1. The third kappa shape index (κ3) is 13.4. The predicted octanol–water partition coefficient (Wildman–Crippen LogP) is -6.00. The van der Waals surface area contributed by atoms with Gasteiger partial charge in [-0.15, -0.1) is 0 Å². The molecular weight excluding hydrogens is 299 g/mol. The van der Waals surface area contributed by atoms with Gasteiger partial charge < -0.3 is 60.3 Å². The number of hydrogen-bond acceptors (Lipinski definition) is 8. The summed E-state index contributed by atoms with van der Waals surface area (Å²) in [6.07, 6.45) is -6.84. The van der Waals surface area contributed by atoms with Crippen LogP contribution in [-0.4, -0.2) is 72.3 Å². The van der Waals surface area contributed by atoms with E-state index < -0.39 is 35.4 Å². The van der Waals surface area contributed by atoms with Crippen LogP contribution >= 0.6 is 12.2 Å². The zero-order valence-electron chi connectivity index (χ0n) is 9.00. The minimum atomic E-state index is -1.79.